The molecule has 14 nitrogen and oxygen atoms in total. The molecule has 500 valence electrons. The monoisotopic (exact) mass is 1220 g/mol. The normalized spacial score (nSPS) is 23.8. The predicted octanol–water partition coefficient (Wildman–Crippen LogP) is 14.2. The minimum absolute atomic E-state index is 0.237. The van der Waals surface area contributed by atoms with Gasteiger partial charge in [0.2, 0.25) is 5.91 Å². The molecule has 1 amide bonds. The van der Waals surface area contributed by atoms with Crippen molar-refractivity contribution in [3.8, 4) is 0 Å². The van der Waals surface area contributed by atoms with E-state index in [1.165, 1.54) is 186 Å². The maximum atomic E-state index is 13.3. The number of carbonyl (C=O) groups excluding carboxylic acids is 1. The van der Waals surface area contributed by atoms with Gasteiger partial charge in [-0.1, -0.05) is 286 Å². The van der Waals surface area contributed by atoms with E-state index in [4.69, 9.17) is 18.9 Å². The van der Waals surface area contributed by atoms with Crippen LogP contribution in [0.1, 0.15) is 284 Å². The molecule has 0 aromatic heterocycles. The lowest BCUT2D eigenvalue weighted by molar-refractivity contribution is -0.359. The van der Waals surface area contributed by atoms with E-state index in [1.807, 2.05) is 6.08 Å². The third-order valence-corrected chi connectivity index (χ3v) is 16.9. The Morgan fingerprint density at radius 2 is 0.802 bits per heavy atom. The molecule has 0 saturated carbocycles. The number of aliphatic hydroxyl groups excluding tert-OH is 8. The Balaban J connectivity index is 1.56. The second-order valence-electron chi connectivity index (χ2n) is 24.6. The predicted molar refractivity (Wildman–Crippen MR) is 350 cm³/mol. The molecule has 0 aromatic carbocycles. The third kappa shape index (κ3) is 40.2. The highest BCUT2D eigenvalue weighted by molar-refractivity contribution is 5.76. The molecule has 2 aliphatic rings. The van der Waals surface area contributed by atoms with Gasteiger partial charge in [0, 0.05) is 6.42 Å². The number of allylic oxidation sites excluding steroid dienone is 11. The molecule has 12 unspecified atom stereocenters. The lowest BCUT2D eigenvalue weighted by Crippen LogP contribution is -2.65. The van der Waals surface area contributed by atoms with Crippen LogP contribution < -0.4 is 5.32 Å². The van der Waals surface area contributed by atoms with Gasteiger partial charge in [-0.15, -0.1) is 0 Å². The summed E-state index contributed by atoms with van der Waals surface area (Å²) in [5.74, 6) is -0.237. The highest BCUT2D eigenvalue weighted by Gasteiger charge is 2.51. The molecule has 0 aromatic rings. The van der Waals surface area contributed by atoms with Crippen molar-refractivity contribution >= 4 is 5.91 Å². The van der Waals surface area contributed by atoms with Crippen LogP contribution in [0.15, 0.2) is 72.9 Å². The van der Waals surface area contributed by atoms with Crippen molar-refractivity contribution < 1.29 is 64.6 Å². The van der Waals surface area contributed by atoms with Crippen LogP contribution >= 0.6 is 0 Å². The number of carbonyl (C=O) groups is 1. The summed E-state index contributed by atoms with van der Waals surface area (Å²) >= 11 is 0. The fourth-order valence-corrected chi connectivity index (χ4v) is 11.3. The lowest BCUT2D eigenvalue weighted by atomic mass is 9.97. The number of rotatable bonds is 57. The summed E-state index contributed by atoms with van der Waals surface area (Å²) in [6.07, 6.45) is 59.8. The van der Waals surface area contributed by atoms with Crippen LogP contribution in [0.4, 0.5) is 0 Å². The summed E-state index contributed by atoms with van der Waals surface area (Å²) in [6, 6.07) is -0.914. The van der Waals surface area contributed by atoms with Crippen LogP contribution in [0.2, 0.25) is 0 Å². The quantitative estimate of drug-likeness (QED) is 0.0204. The second-order valence-corrected chi connectivity index (χ2v) is 24.6. The van der Waals surface area contributed by atoms with Gasteiger partial charge in [0.05, 0.1) is 32.0 Å². The highest BCUT2D eigenvalue weighted by Crippen LogP contribution is 2.30. The van der Waals surface area contributed by atoms with E-state index in [0.717, 1.165) is 70.6 Å². The molecule has 0 bridgehead atoms. The number of hydrogen-bond donors (Lipinski definition) is 9. The van der Waals surface area contributed by atoms with Crippen LogP contribution in [0.5, 0.6) is 0 Å². The molecule has 86 heavy (non-hydrogen) atoms. The maximum absolute atomic E-state index is 13.3. The molecule has 9 N–H and O–H groups in total. The molecule has 2 rings (SSSR count). The minimum atomic E-state index is -1.79. The van der Waals surface area contributed by atoms with Crippen LogP contribution in [0.25, 0.3) is 0 Å². The largest absolute Gasteiger partial charge is 0.394 e. The molecule has 0 aliphatic carbocycles. The van der Waals surface area contributed by atoms with Gasteiger partial charge in [0.1, 0.15) is 48.8 Å². The summed E-state index contributed by atoms with van der Waals surface area (Å²) in [6.45, 7) is 2.69. The van der Waals surface area contributed by atoms with Gasteiger partial charge in [0.15, 0.2) is 12.6 Å². The first-order valence-electron chi connectivity index (χ1n) is 35.2. The van der Waals surface area contributed by atoms with Crippen molar-refractivity contribution in [2.45, 2.75) is 357 Å². The summed E-state index contributed by atoms with van der Waals surface area (Å²) in [4.78, 5) is 13.3. The van der Waals surface area contributed by atoms with E-state index in [1.54, 1.807) is 6.08 Å². The number of amides is 1. The Labute approximate surface area is 523 Å². The topological polar surface area (TPSA) is 228 Å². The fraction of sp³-hybridized carbons (Fsp3) is 0.819. The van der Waals surface area contributed by atoms with Gasteiger partial charge in [-0.3, -0.25) is 4.79 Å². The van der Waals surface area contributed by atoms with Crippen molar-refractivity contribution in [1.82, 2.24) is 5.32 Å². The van der Waals surface area contributed by atoms with E-state index < -0.39 is 86.8 Å². The lowest BCUT2D eigenvalue weighted by Gasteiger charge is -2.46. The first kappa shape index (κ1) is 79.5. The van der Waals surface area contributed by atoms with Gasteiger partial charge < -0.3 is 65.1 Å². The molecule has 14 heteroatoms. The van der Waals surface area contributed by atoms with Crippen LogP contribution in [-0.4, -0.2) is 140 Å². The second kappa shape index (κ2) is 56.4. The molecule has 2 aliphatic heterocycles. The van der Waals surface area contributed by atoms with Crippen LogP contribution in [0.3, 0.4) is 0 Å². The van der Waals surface area contributed by atoms with Crippen molar-refractivity contribution in [2.75, 3.05) is 19.8 Å². The first-order valence-corrected chi connectivity index (χ1v) is 35.2. The van der Waals surface area contributed by atoms with E-state index in [2.05, 4.69) is 79.9 Å². The standard InChI is InChI=1S/C72H129NO13/c1-3-5-7-9-11-13-15-17-18-19-20-21-22-23-24-25-26-27-28-29-30-31-32-33-34-35-36-37-38-39-40-41-42-44-46-48-50-52-54-56-64(77)73-60(61(76)55-53-51-49-47-45-43-16-14-12-10-8-6-4-2)59-83-71-69(82)67(80)70(63(58-75)85-71)86-72-68(81)66(79)65(78)62(57-74)84-72/h5,7,11,13,17-18,20-21,23-24,53,55,60-63,65-72,74-76,78-82H,3-4,6,8-10,12,14-16,19,22,25-52,54,56-59H2,1-2H3,(H,73,77)/b7-5-,13-11-,18-17-,21-20-,24-23-,55-53+. The Kier molecular flexibility index (Phi) is 52.2. The van der Waals surface area contributed by atoms with Gasteiger partial charge in [0.25, 0.3) is 0 Å². The summed E-state index contributed by atoms with van der Waals surface area (Å²) in [7, 11) is 0. The minimum Gasteiger partial charge on any atom is -0.394 e. The molecule has 12 atom stereocenters. The molecule has 0 spiro atoms. The number of hydrogen-bond acceptors (Lipinski definition) is 13. The zero-order valence-electron chi connectivity index (χ0n) is 54.3. The molecule has 2 heterocycles. The van der Waals surface area contributed by atoms with Gasteiger partial charge in [-0.25, -0.2) is 0 Å². The zero-order chi connectivity index (χ0) is 62.3. The number of aliphatic hydroxyl groups is 8. The molecular weight excluding hydrogens is 1090 g/mol. The average molecular weight is 1220 g/mol. The first-order chi connectivity index (χ1) is 42.1. The summed E-state index contributed by atoms with van der Waals surface area (Å²) in [5.41, 5.74) is 0. The highest BCUT2D eigenvalue weighted by atomic mass is 16.7. The Bertz CT molecular complexity index is 1720. The van der Waals surface area contributed by atoms with Gasteiger partial charge >= 0.3 is 0 Å². The maximum Gasteiger partial charge on any atom is 0.220 e. The van der Waals surface area contributed by atoms with Crippen LogP contribution in [0, 0.1) is 0 Å². The smallest absolute Gasteiger partial charge is 0.220 e. The number of ether oxygens (including phenoxy) is 4. The van der Waals surface area contributed by atoms with Crippen molar-refractivity contribution in [1.29, 1.82) is 0 Å². The van der Waals surface area contributed by atoms with Crippen molar-refractivity contribution in [3.63, 3.8) is 0 Å². The molecule has 0 radical (unpaired) electrons. The van der Waals surface area contributed by atoms with E-state index >= 15 is 0 Å². The zero-order valence-corrected chi connectivity index (χ0v) is 54.3. The summed E-state index contributed by atoms with van der Waals surface area (Å²) in [5, 5.41) is 87.2. The third-order valence-electron chi connectivity index (χ3n) is 16.9. The van der Waals surface area contributed by atoms with Crippen LogP contribution in [-0.2, 0) is 23.7 Å². The van der Waals surface area contributed by atoms with Crippen molar-refractivity contribution in [2.24, 2.45) is 0 Å². The Morgan fingerprint density at radius 3 is 1.23 bits per heavy atom. The summed E-state index contributed by atoms with van der Waals surface area (Å²) < 4.78 is 22.8. The number of unbranched alkanes of at least 4 members (excludes halogenated alkanes) is 34. The van der Waals surface area contributed by atoms with Gasteiger partial charge in [-0.2, -0.15) is 0 Å². The SMILES string of the molecule is CC/C=C\C/C=C\C/C=C\C/C=C\C/C=C\CCCCCCCCCCCCCCCCCCCCCCCCCC(=O)NC(COC1OC(CO)C(OC2OC(CO)C(O)C(O)C2O)C(O)C1O)C(O)/C=C/CCCCCCCCCCCCC. The Morgan fingerprint density at radius 1 is 0.430 bits per heavy atom. The average Bonchev–Trinajstić information content (AvgIpc) is 2.76. The van der Waals surface area contributed by atoms with E-state index in [0.29, 0.717) is 6.42 Å². The number of nitrogens with one attached hydrogen (secondary N) is 1. The molecular formula is C72H129NO13. The Hall–Kier alpha value is -2.57. The molecule has 2 fully saturated rings. The van der Waals surface area contributed by atoms with E-state index in [9.17, 15) is 45.6 Å². The fourth-order valence-electron chi connectivity index (χ4n) is 11.3. The van der Waals surface area contributed by atoms with Gasteiger partial charge in [-0.05, 0) is 64.2 Å². The van der Waals surface area contributed by atoms with Crippen molar-refractivity contribution in [3.05, 3.63) is 72.9 Å². The molecule has 2 saturated heterocycles. The van der Waals surface area contributed by atoms with E-state index in [-0.39, 0.29) is 18.9 Å².